The van der Waals surface area contributed by atoms with E-state index in [1.807, 2.05) is 6.92 Å². The van der Waals surface area contributed by atoms with Crippen molar-refractivity contribution >= 4 is 22.7 Å². The Kier molecular flexibility index (Phi) is 3.92. The molecule has 0 aliphatic carbocycles. The van der Waals surface area contributed by atoms with Crippen LogP contribution in [0.1, 0.15) is 6.92 Å². The summed E-state index contributed by atoms with van der Waals surface area (Å²) < 4.78 is 20.3. The molecule has 1 aromatic carbocycles. The SMILES string of the molecule is CCn1c(=O)ccc2cnc(Nc3cccc(F)c3OC)nc21. The number of aromatic nitrogens is 3. The minimum atomic E-state index is -0.483. The standard InChI is InChI=1S/C16H15FN4O2/c1-3-21-13(22)8-7-10-9-18-16(20-15(10)21)19-12-6-4-5-11(17)14(12)23-2/h4-9H,3H2,1-2H3,(H,18,19,20). The zero-order valence-corrected chi connectivity index (χ0v) is 12.7. The highest BCUT2D eigenvalue weighted by Gasteiger charge is 2.11. The summed E-state index contributed by atoms with van der Waals surface area (Å²) in [6, 6.07) is 7.69. The van der Waals surface area contributed by atoms with Crippen molar-refractivity contribution in [3.63, 3.8) is 0 Å². The van der Waals surface area contributed by atoms with E-state index in [1.54, 1.807) is 29.0 Å². The molecule has 6 nitrogen and oxygen atoms in total. The van der Waals surface area contributed by atoms with Crippen LogP contribution in [-0.2, 0) is 6.54 Å². The predicted molar refractivity (Wildman–Crippen MR) is 85.7 cm³/mol. The van der Waals surface area contributed by atoms with Gasteiger partial charge in [0.15, 0.2) is 11.6 Å². The highest BCUT2D eigenvalue weighted by Crippen LogP contribution is 2.29. The first kappa shape index (κ1) is 15.0. The van der Waals surface area contributed by atoms with Gasteiger partial charge >= 0.3 is 0 Å². The number of para-hydroxylation sites is 1. The van der Waals surface area contributed by atoms with Gasteiger partial charge in [-0.05, 0) is 25.1 Å². The maximum Gasteiger partial charge on any atom is 0.252 e. The summed E-state index contributed by atoms with van der Waals surface area (Å²) in [6.45, 7) is 2.36. The number of anilines is 2. The normalized spacial score (nSPS) is 10.7. The number of ether oxygens (including phenoxy) is 1. The molecule has 0 radical (unpaired) electrons. The Hall–Kier alpha value is -2.96. The largest absolute Gasteiger partial charge is 0.492 e. The number of pyridine rings is 1. The number of nitrogens with zero attached hydrogens (tertiary/aromatic N) is 3. The van der Waals surface area contributed by atoms with E-state index in [9.17, 15) is 9.18 Å². The second-order valence-electron chi connectivity index (χ2n) is 4.83. The number of nitrogens with one attached hydrogen (secondary N) is 1. The third-order valence-electron chi connectivity index (χ3n) is 3.46. The van der Waals surface area contributed by atoms with E-state index in [4.69, 9.17) is 4.74 Å². The number of methoxy groups -OCH3 is 1. The molecule has 7 heteroatoms. The summed E-state index contributed by atoms with van der Waals surface area (Å²) >= 11 is 0. The molecule has 2 heterocycles. The molecule has 0 bridgehead atoms. The second kappa shape index (κ2) is 6.04. The maximum absolute atomic E-state index is 13.7. The fourth-order valence-electron chi connectivity index (χ4n) is 2.37. The zero-order chi connectivity index (χ0) is 16.4. The van der Waals surface area contributed by atoms with Gasteiger partial charge in [-0.15, -0.1) is 0 Å². The number of halogens is 1. The molecule has 0 fully saturated rings. The number of benzene rings is 1. The molecule has 3 rings (SSSR count). The fraction of sp³-hybridized carbons (Fsp3) is 0.188. The van der Waals surface area contributed by atoms with Crippen LogP contribution in [0, 0.1) is 5.82 Å². The van der Waals surface area contributed by atoms with Crippen LogP contribution in [0.25, 0.3) is 11.0 Å². The van der Waals surface area contributed by atoms with Crippen LogP contribution in [0.4, 0.5) is 16.0 Å². The predicted octanol–water partition coefficient (Wildman–Crippen LogP) is 2.70. The van der Waals surface area contributed by atoms with Gasteiger partial charge in [-0.1, -0.05) is 6.07 Å². The van der Waals surface area contributed by atoms with Crippen molar-refractivity contribution < 1.29 is 9.13 Å². The van der Waals surface area contributed by atoms with Gasteiger partial charge in [-0.2, -0.15) is 4.98 Å². The van der Waals surface area contributed by atoms with Gasteiger partial charge in [-0.3, -0.25) is 9.36 Å². The summed E-state index contributed by atoms with van der Waals surface area (Å²) in [5, 5.41) is 3.68. The van der Waals surface area contributed by atoms with E-state index in [2.05, 4.69) is 15.3 Å². The zero-order valence-electron chi connectivity index (χ0n) is 12.7. The van der Waals surface area contributed by atoms with Crippen LogP contribution in [0.3, 0.4) is 0 Å². The first-order chi connectivity index (χ1) is 11.1. The molecule has 1 N–H and O–H groups in total. The molecular formula is C16H15FN4O2. The smallest absolute Gasteiger partial charge is 0.252 e. The molecular weight excluding hydrogens is 299 g/mol. The Morgan fingerprint density at radius 2 is 2.13 bits per heavy atom. The van der Waals surface area contributed by atoms with Gasteiger partial charge in [0.05, 0.1) is 12.8 Å². The number of aryl methyl sites for hydroxylation is 1. The number of hydrogen-bond acceptors (Lipinski definition) is 5. The van der Waals surface area contributed by atoms with E-state index in [-0.39, 0.29) is 17.3 Å². The molecule has 0 aliphatic rings. The first-order valence-electron chi connectivity index (χ1n) is 7.10. The lowest BCUT2D eigenvalue weighted by atomic mass is 10.3. The van der Waals surface area contributed by atoms with Gasteiger partial charge in [-0.25, -0.2) is 9.37 Å². The molecule has 118 valence electrons. The molecule has 2 aromatic heterocycles. The molecule has 23 heavy (non-hydrogen) atoms. The van der Waals surface area contributed by atoms with Crippen molar-refractivity contribution in [2.45, 2.75) is 13.5 Å². The van der Waals surface area contributed by atoms with Crippen LogP contribution < -0.4 is 15.6 Å². The monoisotopic (exact) mass is 314 g/mol. The molecule has 0 amide bonds. The Balaban J connectivity index is 2.08. The van der Waals surface area contributed by atoms with Crippen molar-refractivity contribution in [3.05, 3.63) is 52.7 Å². The van der Waals surface area contributed by atoms with Gasteiger partial charge in [0.1, 0.15) is 5.65 Å². The lowest BCUT2D eigenvalue weighted by Crippen LogP contribution is -2.19. The Morgan fingerprint density at radius 1 is 1.30 bits per heavy atom. The highest BCUT2D eigenvalue weighted by molar-refractivity contribution is 5.76. The number of fused-ring (bicyclic) bond motifs is 1. The first-order valence-corrected chi connectivity index (χ1v) is 7.10. The van der Waals surface area contributed by atoms with Gasteiger partial charge < -0.3 is 10.1 Å². The lowest BCUT2D eigenvalue weighted by Gasteiger charge is -2.12. The summed E-state index contributed by atoms with van der Waals surface area (Å²) in [5.41, 5.74) is 0.800. The highest BCUT2D eigenvalue weighted by atomic mass is 19.1. The maximum atomic E-state index is 13.7. The molecule has 0 unspecified atom stereocenters. The third-order valence-corrected chi connectivity index (χ3v) is 3.46. The average Bonchev–Trinajstić information content (AvgIpc) is 2.55. The minimum Gasteiger partial charge on any atom is -0.492 e. The average molecular weight is 314 g/mol. The van der Waals surface area contributed by atoms with Gasteiger partial charge in [0.25, 0.3) is 5.56 Å². The van der Waals surface area contributed by atoms with Gasteiger partial charge in [0.2, 0.25) is 5.95 Å². The van der Waals surface area contributed by atoms with Crippen molar-refractivity contribution in [1.29, 1.82) is 0 Å². The molecule has 0 saturated carbocycles. The Morgan fingerprint density at radius 3 is 2.87 bits per heavy atom. The fourth-order valence-corrected chi connectivity index (χ4v) is 2.37. The van der Waals surface area contributed by atoms with Gasteiger partial charge in [0, 0.05) is 24.2 Å². The van der Waals surface area contributed by atoms with Crippen LogP contribution in [0.5, 0.6) is 5.75 Å². The van der Waals surface area contributed by atoms with Crippen LogP contribution in [0.2, 0.25) is 0 Å². The quantitative estimate of drug-likeness (QED) is 0.802. The Labute approximate surface area is 131 Å². The third kappa shape index (κ3) is 2.73. The topological polar surface area (TPSA) is 69.0 Å². The van der Waals surface area contributed by atoms with Crippen molar-refractivity contribution in [2.24, 2.45) is 0 Å². The second-order valence-corrected chi connectivity index (χ2v) is 4.83. The summed E-state index contributed by atoms with van der Waals surface area (Å²) in [7, 11) is 1.39. The Bertz CT molecular complexity index is 924. The van der Waals surface area contributed by atoms with Crippen molar-refractivity contribution in [1.82, 2.24) is 14.5 Å². The van der Waals surface area contributed by atoms with E-state index in [0.29, 0.717) is 17.9 Å². The van der Waals surface area contributed by atoms with Crippen LogP contribution in [-0.4, -0.2) is 21.6 Å². The molecule has 0 aliphatic heterocycles. The van der Waals surface area contributed by atoms with E-state index in [0.717, 1.165) is 5.39 Å². The molecule has 3 aromatic rings. The van der Waals surface area contributed by atoms with E-state index >= 15 is 0 Å². The number of rotatable bonds is 4. The number of hydrogen-bond donors (Lipinski definition) is 1. The molecule has 0 spiro atoms. The lowest BCUT2D eigenvalue weighted by molar-refractivity contribution is 0.388. The summed E-state index contributed by atoms with van der Waals surface area (Å²) in [5.74, 6) is -0.143. The van der Waals surface area contributed by atoms with E-state index in [1.165, 1.54) is 19.2 Å². The van der Waals surface area contributed by atoms with Crippen molar-refractivity contribution in [3.8, 4) is 5.75 Å². The van der Waals surface area contributed by atoms with Crippen LogP contribution >= 0.6 is 0 Å². The van der Waals surface area contributed by atoms with E-state index < -0.39 is 5.82 Å². The molecule has 0 atom stereocenters. The summed E-state index contributed by atoms with van der Waals surface area (Å²) in [6.07, 6.45) is 1.61. The minimum absolute atomic E-state index is 0.0807. The molecule has 0 saturated heterocycles. The van der Waals surface area contributed by atoms with Crippen molar-refractivity contribution in [2.75, 3.05) is 12.4 Å². The van der Waals surface area contributed by atoms with Crippen LogP contribution in [0.15, 0.2) is 41.3 Å². The summed E-state index contributed by atoms with van der Waals surface area (Å²) in [4.78, 5) is 20.5.